The molecule has 0 atom stereocenters. The first-order valence-corrected chi connectivity index (χ1v) is 4.60. The normalized spacial score (nSPS) is 18.1. The summed E-state index contributed by atoms with van der Waals surface area (Å²) in [5.74, 6) is 0. The van der Waals surface area contributed by atoms with Gasteiger partial charge in [-0.05, 0) is 12.8 Å². The zero-order valence-corrected chi connectivity index (χ0v) is 7.88. The first kappa shape index (κ1) is 9.28. The summed E-state index contributed by atoms with van der Waals surface area (Å²) >= 11 is 0. The largest absolute Gasteiger partial charge is 0.278 e. The van der Waals surface area contributed by atoms with Crippen LogP contribution in [0.2, 0.25) is 0 Å². The van der Waals surface area contributed by atoms with E-state index in [1.165, 1.54) is 0 Å². The molecular weight excluding hydrogens is 148 g/mol. The van der Waals surface area contributed by atoms with E-state index >= 15 is 0 Å². The van der Waals surface area contributed by atoms with Crippen LogP contribution in [0.1, 0.15) is 26.7 Å². The molecule has 0 saturated carbocycles. The van der Waals surface area contributed by atoms with Gasteiger partial charge < -0.3 is 0 Å². The van der Waals surface area contributed by atoms with Gasteiger partial charge in [-0.25, -0.2) is 0 Å². The highest BCUT2D eigenvalue weighted by atomic mass is 15.2. The van der Waals surface area contributed by atoms with E-state index in [9.17, 15) is 0 Å². The molecule has 0 radical (unpaired) electrons. The monoisotopic (exact) mass is 164 g/mol. The molecule has 12 heavy (non-hydrogen) atoms. The molecule has 0 fully saturated rings. The van der Waals surface area contributed by atoms with Gasteiger partial charge >= 0.3 is 0 Å². The summed E-state index contributed by atoms with van der Waals surface area (Å²) < 4.78 is 0. The van der Waals surface area contributed by atoms with Crippen molar-refractivity contribution in [3.63, 3.8) is 0 Å². The molecule has 0 aromatic heterocycles. The standard InChI is InChI=1S/C10H16N2/c1-3-10(4-2,9-11)12-7-5-6-8-12/h5-6H,3-4,7-8H2,1-2H3. The van der Waals surface area contributed by atoms with Crippen LogP contribution in [0, 0.1) is 11.3 Å². The van der Waals surface area contributed by atoms with E-state index in [1.807, 2.05) is 0 Å². The van der Waals surface area contributed by atoms with Crippen molar-refractivity contribution in [3.05, 3.63) is 12.2 Å². The molecule has 66 valence electrons. The minimum atomic E-state index is -0.219. The van der Waals surface area contributed by atoms with Crippen LogP contribution in [0.5, 0.6) is 0 Å². The van der Waals surface area contributed by atoms with Crippen molar-refractivity contribution in [2.75, 3.05) is 13.1 Å². The fraction of sp³-hybridized carbons (Fsp3) is 0.700. The van der Waals surface area contributed by atoms with Gasteiger partial charge in [-0.3, -0.25) is 4.90 Å². The minimum Gasteiger partial charge on any atom is -0.278 e. The zero-order chi connectivity index (χ0) is 9.03. The minimum absolute atomic E-state index is 0.219. The topological polar surface area (TPSA) is 27.0 Å². The lowest BCUT2D eigenvalue weighted by Gasteiger charge is -2.34. The van der Waals surface area contributed by atoms with Crippen LogP contribution < -0.4 is 0 Å². The highest BCUT2D eigenvalue weighted by molar-refractivity contribution is 5.12. The Kier molecular flexibility index (Phi) is 2.88. The van der Waals surface area contributed by atoms with Crippen LogP contribution in [0.15, 0.2) is 12.2 Å². The van der Waals surface area contributed by atoms with Crippen molar-refractivity contribution in [2.24, 2.45) is 0 Å². The maximum absolute atomic E-state index is 9.12. The summed E-state index contributed by atoms with van der Waals surface area (Å²) in [4.78, 5) is 2.24. The van der Waals surface area contributed by atoms with Gasteiger partial charge in [0.15, 0.2) is 0 Å². The van der Waals surface area contributed by atoms with Gasteiger partial charge in [0.05, 0.1) is 6.07 Å². The van der Waals surface area contributed by atoms with Crippen molar-refractivity contribution >= 4 is 0 Å². The van der Waals surface area contributed by atoms with Gasteiger partial charge in [-0.15, -0.1) is 0 Å². The smallest absolute Gasteiger partial charge is 0.109 e. The predicted octanol–water partition coefficient (Wildman–Crippen LogP) is 1.94. The number of hydrogen-bond donors (Lipinski definition) is 0. The Balaban J connectivity index is 2.72. The van der Waals surface area contributed by atoms with Gasteiger partial charge in [-0.2, -0.15) is 5.26 Å². The van der Waals surface area contributed by atoms with E-state index in [-0.39, 0.29) is 5.54 Å². The van der Waals surface area contributed by atoms with Crippen LogP contribution in [0.4, 0.5) is 0 Å². The van der Waals surface area contributed by atoms with Crippen LogP contribution in [-0.4, -0.2) is 23.5 Å². The van der Waals surface area contributed by atoms with E-state index in [0.29, 0.717) is 0 Å². The molecule has 2 nitrogen and oxygen atoms in total. The molecule has 1 rings (SSSR count). The fourth-order valence-corrected chi connectivity index (χ4v) is 1.75. The fourth-order valence-electron chi connectivity index (χ4n) is 1.75. The Bertz CT molecular complexity index is 200. The van der Waals surface area contributed by atoms with Crippen molar-refractivity contribution in [2.45, 2.75) is 32.2 Å². The van der Waals surface area contributed by atoms with Crippen LogP contribution in [0.25, 0.3) is 0 Å². The number of rotatable bonds is 3. The third-order valence-electron chi connectivity index (χ3n) is 2.80. The Morgan fingerprint density at radius 2 is 1.83 bits per heavy atom. The maximum Gasteiger partial charge on any atom is 0.109 e. The third kappa shape index (κ3) is 1.37. The van der Waals surface area contributed by atoms with E-state index in [1.54, 1.807) is 0 Å². The molecule has 1 aliphatic heterocycles. The van der Waals surface area contributed by atoms with Gasteiger partial charge in [-0.1, -0.05) is 26.0 Å². The Morgan fingerprint density at radius 1 is 1.33 bits per heavy atom. The summed E-state index contributed by atoms with van der Waals surface area (Å²) in [6.45, 7) is 6.06. The average Bonchev–Trinajstić information content (AvgIpc) is 2.62. The number of nitriles is 1. The first-order chi connectivity index (χ1) is 5.79. The Hall–Kier alpha value is -0.810. The van der Waals surface area contributed by atoms with Gasteiger partial charge in [0.2, 0.25) is 0 Å². The molecule has 0 amide bonds. The predicted molar refractivity (Wildman–Crippen MR) is 49.6 cm³/mol. The molecule has 2 heteroatoms. The highest BCUT2D eigenvalue weighted by Gasteiger charge is 2.33. The Morgan fingerprint density at radius 3 is 2.17 bits per heavy atom. The van der Waals surface area contributed by atoms with Gasteiger partial charge in [0.25, 0.3) is 0 Å². The van der Waals surface area contributed by atoms with E-state index in [4.69, 9.17) is 5.26 Å². The van der Waals surface area contributed by atoms with E-state index < -0.39 is 0 Å². The molecule has 0 aliphatic carbocycles. The van der Waals surface area contributed by atoms with Crippen LogP contribution in [0.3, 0.4) is 0 Å². The molecular formula is C10H16N2. The summed E-state index contributed by atoms with van der Waals surface area (Å²) in [7, 11) is 0. The molecule has 0 unspecified atom stereocenters. The molecule has 0 bridgehead atoms. The van der Waals surface area contributed by atoms with Gasteiger partial charge in [0.1, 0.15) is 5.54 Å². The second-order valence-electron chi connectivity index (χ2n) is 3.23. The van der Waals surface area contributed by atoms with Crippen molar-refractivity contribution in [3.8, 4) is 6.07 Å². The molecule has 0 aromatic carbocycles. The quantitative estimate of drug-likeness (QED) is 0.596. The lowest BCUT2D eigenvalue weighted by atomic mass is 9.93. The molecule has 0 spiro atoms. The first-order valence-electron chi connectivity index (χ1n) is 4.60. The molecule has 0 N–H and O–H groups in total. The molecule has 0 aromatic rings. The molecule has 1 aliphatic rings. The Labute approximate surface area is 74.5 Å². The van der Waals surface area contributed by atoms with Crippen LogP contribution >= 0.6 is 0 Å². The third-order valence-corrected chi connectivity index (χ3v) is 2.80. The summed E-state index contributed by atoms with van der Waals surface area (Å²) in [6.07, 6.45) is 6.11. The second-order valence-corrected chi connectivity index (χ2v) is 3.23. The molecule has 0 saturated heterocycles. The zero-order valence-electron chi connectivity index (χ0n) is 7.88. The van der Waals surface area contributed by atoms with Crippen molar-refractivity contribution < 1.29 is 0 Å². The summed E-state index contributed by atoms with van der Waals surface area (Å²) in [5, 5.41) is 9.12. The van der Waals surface area contributed by atoms with Gasteiger partial charge in [0, 0.05) is 13.1 Å². The van der Waals surface area contributed by atoms with Crippen molar-refractivity contribution in [1.82, 2.24) is 4.90 Å². The maximum atomic E-state index is 9.12. The molecule has 1 heterocycles. The lowest BCUT2D eigenvalue weighted by Crippen LogP contribution is -2.45. The number of nitrogens with zero attached hydrogens (tertiary/aromatic N) is 2. The van der Waals surface area contributed by atoms with E-state index in [0.717, 1.165) is 25.9 Å². The summed E-state index contributed by atoms with van der Waals surface area (Å²) in [6, 6.07) is 2.44. The second kappa shape index (κ2) is 3.73. The van der Waals surface area contributed by atoms with Crippen LogP contribution in [-0.2, 0) is 0 Å². The van der Waals surface area contributed by atoms with E-state index in [2.05, 4.69) is 37.0 Å². The lowest BCUT2D eigenvalue weighted by molar-refractivity contribution is 0.170. The highest BCUT2D eigenvalue weighted by Crippen LogP contribution is 2.24. The SMILES string of the molecule is CCC(C#N)(CC)N1CC=CC1. The average molecular weight is 164 g/mol. The van der Waals surface area contributed by atoms with Crippen molar-refractivity contribution in [1.29, 1.82) is 5.26 Å². The summed E-state index contributed by atoms with van der Waals surface area (Å²) in [5.41, 5.74) is -0.219. The number of hydrogen-bond acceptors (Lipinski definition) is 2.